The van der Waals surface area contributed by atoms with Crippen molar-refractivity contribution in [3.63, 3.8) is 0 Å². The summed E-state index contributed by atoms with van der Waals surface area (Å²) in [4.78, 5) is 24.9. The minimum Gasteiger partial charge on any atom is -0.465 e. The van der Waals surface area contributed by atoms with Gasteiger partial charge in [-0.3, -0.25) is 9.59 Å². The van der Waals surface area contributed by atoms with Crippen LogP contribution in [0.5, 0.6) is 0 Å². The number of unbranched alkanes of at least 4 members (excludes halogenated alkanes) is 12. The van der Waals surface area contributed by atoms with Gasteiger partial charge in [0.15, 0.2) is 0 Å². The lowest BCUT2D eigenvalue weighted by molar-refractivity contribution is -0.163. The molecule has 1 aliphatic rings. The van der Waals surface area contributed by atoms with Crippen LogP contribution in [0.2, 0.25) is 0 Å². The lowest BCUT2D eigenvalue weighted by Crippen LogP contribution is -2.35. The van der Waals surface area contributed by atoms with E-state index in [1.54, 1.807) is 0 Å². The maximum Gasteiger partial charge on any atom is 0.309 e. The van der Waals surface area contributed by atoms with Gasteiger partial charge in [0.2, 0.25) is 0 Å². The minimum atomic E-state index is -0.301. The molecule has 0 aliphatic heterocycles. The Bertz CT molecular complexity index is 435. The van der Waals surface area contributed by atoms with E-state index in [4.69, 9.17) is 9.47 Å². The van der Waals surface area contributed by atoms with Crippen molar-refractivity contribution in [2.24, 2.45) is 11.8 Å². The van der Waals surface area contributed by atoms with Crippen molar-refractivity contribution in [3.05, 3.63) is 0 Å². The first kappa shape index (κ1) is 27.0. The Morgan fingerprint density at radius 2 is 0.933 bits per heavy atom. The van der Waals surface area contributed by atoms with E-state index in [0.29, 0.717) is 13.2 Å². The zero-order chi connectivity index (χ0) is 21.9. The average molecular weight is 425 g/mol. The molecule has 4 heteroatoms. The minimum absolute atomic E-state index is 0.185. The van der Waals surface area contributed by atoms with E-state index >= 15 is 0 Å². The molecular weight excluding hydrogens is 376 g/mol. The number of rotatable bonds is 18. The Hall–Kier alpha value is -1.06. The molecule has 30 heavy (non-hydrogen) atoms. The first-order valence-electron chi connectivity index (χ1n) is 13.0. The molecule has 0 aromatic carbocycles. The van der Waals surface area contributed by atoms with E-state index in [2.05, 4.69) is 13.8 Å². The molecule has 0 bridgehead atoms. The summed E-state index contributed by atoms with van der Waals surface area (Å²) in [5, 5.41) is 0. The maximum atomic E-state index is 12.5. The SMILES string of the molecule is CCCCCCCCCCCCCCOC(=O)C1CCCCC1C(=O)OCCCC. The standard InChI is InChI=1S/C26H48O4/c1-3-5-7-8-9-10-11-12-13-14-15-18-22-30-26(28)24-20-17-16-19-23(24)25(27)29-21-6-4-2/h23-24H,3-22H2,1-2H3. The molecule has 0 radical (unpaired) electrons. The van der Waals surface area contributed by atoms with Crippen LogP contribution in [0.3, 0.4) is 0 Å². The Balaban J connectivity index is 2.06. The van der Waals surface area contributed by atoms with Crippen LogP contribution in [-0.2, 0) is 19.1 Å². The van der Waals surface area contributed by atoms with Crippen LogP contribution >= 0.6 is 0 Å². The zero-order valence-corrected chi connectivity index (χ0v) is 19.9. The van der Waals surface area contributed by atoms with Gasteiger partial charge < -0.3 is 9.47 Å². The first-order valence-corrected chi connectivity index (χ1v) is 13.0. The highest BCUT2D eigenvalue weighted by atomic mass is 16.5. The van der Waals surface area contributed by atoms with E-state index in [9.17, 15) is 9.59 Å². The predicted octanol–water partition coefficient (Wildman–Crippen LogP) is 7.38. The second-order valence-electron chi connectivity index (χ2n) is 9.08. The molecule has 1 fully saturated rings. The molecule has 0 saturated heterocycles. The molecule has 0 amide bonds. The van der Waals surface area contributed by atoms with Gasteiger partial charge in [0.1, 0.15) is 0 Å². The highest BCUT2D eigenvalue weighted by Gasteiger charge is 2.37. The fourth-order valence-electron chi connectivity index (χ4n) is 4.34. The van der Waals surface area contributed by atoms with Crippen molar-refractivity contribution in [3.8, 4) is 0 Å². The number of esters is 2. The third-order valence-electron chi connectivity index (χ3n) is 6.36. The van der Waals surface area contributed by atoms with Crippen LogP contribution in [0, 0.1) is 11.8 Å². The topological polar surface area (TPSA) is 52.6 Å². The van der Waals surface area contributed by atoms with Crippen molar-refractivity contribution in [1.29, 1.82) is 0 Å². The first-order chi connectivity index (χ1) is 14.7. The highest BCUT2D eigenvalue weighted by Crippen LogP contribution is 2.32. The summed E-state index contributed by atoms with van der Waals surface area (Å²) < 4.78 is 10.9. The summed E-state index contributed by atoms with van der Waals surface area (Å²) in [5.74, 6) is -0.985. The molecule has 2 atom stereocenters. The molecule has 0 heterocycles. The molecule has 2 unspecified atom stereocenters. The third kappa shape index (κ3) is 12.6. The van der Waals surface area contributed by atoms with E-state index in [0.717, 1.165) is 51.4 Å². The van der Waals surface area contributed by atoms with Gasteiger partial charge in [-0.15, -0.1) is 0 Å². The molecular formula is C26H48O4. The van der Waals surface area contributed by atoms with Gasteiger partial charge in [-0.2, -0.15) is 0 Å². The Kier molecular flexibility index (Phi) is 16.8. The van der Waals surface area contributed by atoms with Crippen molar-refractivity contribution in [2.75, 3.05) is 13.2 Å². The Labute approximate surface area is 185 Å². The van der Waals surface area contributed by atoms with Crippen LogP contribution in [0.15, 0.2) is 0 Å². The molecule has 1 rings (SSSR count). The van der Waals surface area contributed by atoms with Crippen LogP contribution in [0.4, 0.5) is 0 Å². The zero-order valence-electron chi connectivity index (χ0n) is 19.9. The fourth-order valence-corrected chi connectivity index (χ4v) is 4.34. The molecule has 0 N–H and O–H groups in total. The van der Waals surface area contributed by atoms with Gasteiger partial charge >= 0.3 is 11.9 Å². The van der Waals surface area contributed by atoms with E-state index in [1.807, 2.05) is 0 Å². The van der Waals surface area contributed by atoms with Crippen molar-refractivity contribution < 1.29 is 19.1 Å². The Morgan fingerprint density at radius 3 is 1.37 bits per heavy atom. The predicted molar refractivity (Wildman–Crippen MR) is 123 cm³/mol. The number of ether oxygens (including phenoxy) is 2. The van der Waals surface area contributed by atoms with Crippen molar-refractivity contribution in [1.82, 2.24) is 0 Å². The lowest BCUT2D eigenvalue weighted by atomic mass is 9.79. The second kappa shape index (κ2) is 18.7. The van der Waals surface area contributed by atoms with Gasteiger partial charge in [0.05, 0.1) is 25.0 Å². The summed E-state index contributed by atoms with van der Waals surface area (Å²) in [6.45, 7) is 5.29. The molecule has 4 nitrogen and oxygen atoms in total. The summed E-state index contributed by atoms with van der Waals surface area (Å²) in [5.41, 5.74) is 0. The van der Waals surface area contributed by atoms with Crippen molar-refractivity contribution >= 4 is 11.9 Å². The van der Waals surface area contributed by atoms with Crippen molar-refractivity contribution in [2.45, 2.75) is 129 Å². The van der Waals surface area contributed by atoms with Crippen LogP contribution in [0.25, 0.3) is 0 Å². The molecule has 176 valence electrons. The molecule has 1 saturated carbocycles. The summed E-state index contributed by atoms with van der Waals surface area (Å²) >= 11 is 0. The summed E-state index contributed by atoms with van der Waals surface area (Å²) in [7, 11) is 0. The normalized spacial score (nSPS) is 18.9. The molecule has 0 spiro atoms. The molecule has 1 aliphatic carbocycles. The monoisotopic (exact) mass is 424 g/mol. The summed E-state index contributed by atoms with van der Waals surface area (Å²) in [6, 6.07) is 0. The smallest absolute Gasteiger partial charge is 0.309 e. The fraction of sp³-hybridized carbons (Fsp3) is 0.923. The average Bonchev–Trinajstić information content (AvgIpc) is 2.77. The van der Waals surface area contributed by atoms with Gasteiger partial charge in [-0.05, 0) is 25.7 Å². The second-order valence-corrected chi connectivity index (χ2v) is 9.08. The highest BCUT2D eigenvalue weighted by molar-refractivity contribution is 5.82. The number of carbonyl (C=O) groups is 2. The number of carbonyl (C=O) groups excluding carboxylic acids is 2. The van der Waals surface area contributed by atoms with Gasteiger partial charge in [0, 0.05) is 0 Å². The van der Waals surface area contributed by atoms with Crippen LogP contribution in [-0.4, -0.2) is 25.2 Å². The number of hydrogen-bond acceptors (Lipinski definition) is 4. The lowest BCUT2D eigenvalue weighted by Gasteiger charge is -2.28. The maximum absolute atomic E-state index is 12.5. The largest absolute Gasteiger partial charge is 0.465 e. The van der Waals surface area contributed by atoms with E-state index < -0.39 is 0 Å². The molecule has 0 aromatic rings. The van der Waals surface area contributed by atoms with E-state index in [-0.39, 0.29) is 23.8 Å². The van der Waals surface area contributed by atoms with Crippen LogP contribution in [0.1, 0.15) is 129 Å². The number of hydrogen-bond donors (Lipinski definition) is 0. The van der Waals surface area contributed by atoms with Crippen LogP contribution < -0.4 is 0 Å². The van der Waals surface area contributed by atoms with Gasteiger partial charge in [-0.25, -0.2) is 0 Å². The van der Waals surface area contributed by atoms with Gasteiger partial charge in [-0.1, -0.05) is 104 Å². The molecule has 0 aromatic heterocycles. The van der Waals surface area contributed by atoms with Gasteiger partial charge in [0.25, 0.3) is 0 Å². The quantitative estimate of drug-likeness (QED) is 0.170. The van der Waals surface area contributed by atoms with E-state index in [1.165, 1.54) is 64.2 Å². The Morgan fingerprint density at radius 1 is 0.567 bits per heavy atom. The third-order valence-corrected chi connectivity index (χ3v) is 6.36. The summed E-state index contributed by atoms with van der Waals surface area (Å²) in [6.07, 6.45) is 20.9.